The molecule has 1 aromatic carbocycles. The van der Waals surface area contributed by atoms with Gasteiger partial charge in [-0.15, -0.1) is 0 Å². The number of nitriles is 1. The minimum atomic E-state index is -3.21. The van der Waals surface area contributed by atoms with E-state index in [4.69, 9.17) is 0 Å². The van der Waals surface area contributed by atoms with Crippen LogP contribution in [-0.2, 0) is 10.0 Å². The highest BCUT2D eigenvalue weighted by molar-refractivity contribution is 7.90. The number of fused-ring (bicyclic) bond motifs is 1. The van der Waals surface area contributed by atoms with E-state index in [1.54, 1.807) is 12.3 Å². The maximum Gasteiger partial charge on any atom is 0.215 e. The second-order valence-electron chi connectivity index (χ2n) is 8.38. The van der Waals surface area contributed by atoms with Crippen molar-refractivity contribution >= 4 is 16.1 Å². The van der Waals surface area contributed by atoms with E-state index in [9.17, 15) is 13.7 Å². The first-order valence-corrected chi connectivity index (χ1v) is 12.1. The van der Waals surface area contributed by atoms with Crippen molar-refractivity contribution in [2.75, 3.05) is 0 Å². The molecule has 5 atom stereocenters. The lowest BCUT2D eigenvalue weighted by atomic mass is 9.68. The first-order chi connectivity index (χ1) is 14.4. The zero-order valence-electron chi connectivity index (χ0n) is 17.3. The van der Waals surface area contributed by atoms with Crippen LogP contribution in [0.2, 0.25) is 0 Å². The molecule has 1 aromatic heterocycles. The van der Waals surface area contributed by atoms with Gasteiger partial charge < -0.3 is 0 Å². The number of sulfonamides is 1. The average Bonchev–Trinajstić information content (AvgIpc) is 3.00. The predicted molar refractivity (Wildman–Crippen MR) is 119 cm³/mol. The van der Waals surface area contributed by atoms with E-state index in [0.29, 0.717) is 11.5 Å². The molecule has 2 heterocycles. The predicted octanol–water partition coefficient (Wildman–Crippen LogP) is 4.38. The molecule has 1 aliphatic carbocycles. The molecule has 2 aliphatic rings. The molecule has 2 fully saturated rings. The average molecular weight is 422 g/mol. The van der Waals surface area contributed by atoms with Gasteiger partial charge in [0.1, 0.15) is 0 Å². The number of hydrogen-bond donors (Lipinski definition) is 1. The Labute approximate surface area is 178 Å². The molecule has 30 heavy (non-hydrogen) atoms. The molecule has 2 aromatic rings. The molecule has 6 heteroatoms. The molecule has 0 spiro atoms. The molecule has 1 aliphatic heterocycles. The molecule has 0 radical (unpaired) electrons. The number of rotatable bonds is 4. The van der Waals surface area contributed by atoms with E-state index in [0.717, 1.165) is 36.1 Å². The third-order valence-electron chi connectivity index (χ3n) is 6.72. The van der Waals surface area contributed by atoms with Gasteiger partial charge in [-0.1, -0.05) is 43.7 Å². The van der Waals surface area contributed by atoms with Crippen molar-refractivity contribution in [1.29, 1.82) is 5.26 Å². The summed E-state index contributed by atoms with van der Waals surface area (Å²) >= 11 is 0. The summed E-state index contributed by atoms with van der Waals surface area (Å²) in [5, 5.41) is 9.03. The summed E-state index contributed by atoms with van der Waals surface area (Å²) in [5.41, 5.74) is 3.26. The van der Waals surface area contributed by atoms with Crippen LogP contribution in [0.1, 0.15) is 44.4 Å². The zero-order chi connectivity index (χ0) is 21.3. The highest BCUT2D eigenvalue weighted by Gasteiger charge is 2.51. The fourth-order valence-electron chi connectivity index (χ4n) is 5.23. The van der Waals surface area contributed by atoms with E-state index in [2.05, 4.69) is 28.8 Å². The van der Waals surface area contributed by atoms with Gasteiger partial charge in [0.05, 0.1) is 22.6 Å². The van der Waals surface area contributed by atoms with Crippen molar-refractivity contribution in [3.8, 4) is 17.2 Å². The van der Waals surface area contributed by atoms with E-state index < -0.39 is 10.0 Å². The lowest BCUT2D eigenvalue weighted by molar-refractivity contribution is 0.182. The molecule has 4 rings (SSSR count). The van der Waals surface area contributed by atoms with Crippen molar-refractivity contribution in [1.82, 2.24) is 9.71 Å². The van der Waals surface area contributed by atoms with E-state index >= 15 is 0 Å². The second kappa shape index (κ2) is 8.33. The summed E-state index contributed by atoms with van der Waals surface area (Å²) in [5.74, 6) is 0.808. The number of allylic oxidation sites excluding steroid dienone is 1. The first kappa shape index (κ1) is 20.8. The van der Waals surface area contributed by atoms with Crippen LogP contribution in [0.4, 0.5) is 0 Å². The fourth-order valence-corrected chi connectivity index (χ4v) is 7.36. The molecule has 1 N–H and O–H groups in total. The quantitative estimate of drug-likeness (QED) is 0.794. The third kappa shape index (κ3) is 3.80. The number of hydrogen-bond acceptors (Lipinski definition) is 4. The third-order valence-corrected chi connectivity index (χ3v) is 8.77. The Morgan fingerprint density at radius 2 is 2.03 bits per heavy atom. The minimum absolute atomic E-state index is 0.0400. The lowest BCUT2D eigenvalue weighted by Crippen LogP contribution is -2.39. The van der Waals surface area contributed by atoms with Crippen LogP contribution < -0.4 is 4.72 Å². The second-order valence-corrected chi connectivity index (χ2v) is 10.3. The summed E-state index contributed by atoms with van der Waals surface area (Å²) in [6.07, 6.45) is 8.72. The SMILES string of the molecule is CC[C@@H]1CC[C@@H]2[C@H]([C@H]1C=Cc1ccc(-c3ccccc3C#N)cn1)[C@@H](C)NS2(=O)=O. The zero-order valence-corrected chi connectivity index (χ0v) is 18.1. The summed E-state index contributed by atoms with van der Waals surface area (Å²) in [4.78, 5) is 4.57. The van der Waals surface area contributed by atoms with Crippen molar-refractivity contribution < 1.29 is 8.42 Å². The van der Waals surface area contributed by atoms with Crippen molar-refractivity contribution in [3.63, 3.8) is 0 Å². The molecule has 1 saturated heterocycles. The number of nitrogens with one attached hydrogen (secondary N) is 1. The van der Waals surface area contributed by atoms with Gasteiger partial charge >= 0.3 is 0 Å². The van der Waals surface area contributed by atoms with Gasteiger partial charge in [-0.2, -0.15) is 5.26 Å². The molecular weight excluding hydrogens is 394 g/mol. The Morgan fingerprint density at radius 1 is 1.23 bits per heavy atom. The Bertz CT molecular complexity index is 1090. The van der Waals surface area contributed by atoms with Gasteiger partial charge in [-0.05, 0) is 55.7 Å². The molecular formula is C24H27N3O2S. The maximum absolute atomic E-state index is 12.5. The molecule has 5 nitrogen and oxygen atoms in total. The van der Waals surface area contributed by atoms with Gasteiger partial charge in [0.15, 0.2) is 0 Å². The van der Waals surface area contributed by atoms with Crippen LogP contribution in [0, 0.1) is 29.1 Å². The van der Waals surface area contributed by atoms with E-state index in [1.165, 1.54) is 0 Å². The Morgan fingerprint density at radius 3 is 2.73 bits per heavy atom. The smallest absolute Gasteiger partial charge is 0.215 e. The van der Waals surface area contributed by atoms with Crippen LogP contribution in [0.15, 0.2) is 48.7 Å². The molecule has 0 unspecified atom stereocenters. The van der Waals surface area contributed by atoms with Crippen molar-refractivity contribution in [3.05, 3.63) is 59.9 Å². The number of pyridine rings is 1. The highest BCUT2D eigenvalue weighted by Crippen LogP contribution is 2.45. The van der Waals surface area contributed by atoms with Crippen molar-refractivity contribution in [2.24, 2.45) is 17.8 Å². The van der Waals surface area contributed by atoms with Gasteiger partial charge in [-0.25, -0.2) is 13.1 Å². The normalized spacial score (nSPS) is 30.1. The van der Waals surface area contributed by atoms with Crippen LogP contribution in [-0.4, -0.2) is 24.7 Å². The van der Waals surface area contributed by atoms with Gasteiger partial charge in [0, 0.05) is 23.4 Å². The molecule has 0 bridgehead atoms. The Balaban J connectivity index is 1.58. The van der Waals surface area contributed by atoms with Gasteiger partial charge in [0.2, 0.25) is 10.0 Å². The molecule has 1 saturated carbocycles. The summed E-state index contributed by atoms with van der Waals surface area (Å²) in [6, 6.07) is 13.6. The number of nitrogens with zero attached hydrogens (tertiary/aromatic N) is 2. The van der Waals surface area contributed by atoms with Crippen LogP contribution >= 0.6 is 0 Å². The Kier molecular flexibility index (Phi) is 5.77. The monoisotopic (exact) mass is 421 g/mol. The summed E-state index contributed by atoms with van der Waals surface area (Å²) < 4.78 is 27.8. The minimum Gasteiger partial charge on any atom is -0.256 e. The largest absolute Gasteiger partial charge is 0.256 e. The first-order valence-electron chi connectivity index (χ1n) is 10.6. The van der Waals surface area contributed by atoms with Crippen LogP contribution in [0.3, 0.4) is 0 Å². The van der Waals surface area contributed by atoms with Crippen LogP contribution in [0.5, 0.6) is 0 Å². The molecule has 156 valence electrons. The van der Waals surface area contributed by atoms with Gasteiger partial charge in [0.25, 0.3) is 0 Å². The number of aromatic nitrogens is 1. The van der Waals surface area contributed by atoms with Crippen LogP contribution in [0.25, 0.3) is 17.2 Å². The maximum atomic E-state index is 12.5. The van der Waals surface area contributed by atoms with Gasteiger partial charge in [-0.3, -0.25) is 4.98 Å². The Hall–Kier alpha value is -2.49. The standard InChI is InChI=1S/C24H27N3O2S/c1-3-17-9-13-23-24(16(2)27-30(23,28)29)22(17)12-11-20-10-8-19(15-26-20)21-7-5-4-6-18(21)14-25/h4-8,10-12,15-17,22-24,27H,3,9,13H2,1-2H3/t16-,17-,22+,23-,24+/m1/s1. The topological polar surface area (TPSA) is 82.8 Å². The molecule has 0 amide bonds. The summed E-state index contributed by atoms with van der Waals surface area (Å²) in [7, 11) is -3.21. The van der Waals surface area contributed by atoms with E-state index in [-0.39, 0.29) is 23.1 Å². The summed E-state index contributed by atoms with van der Waals surface area (Å²) in [6.45, 7) is 4.17. The number of benzene rings is 1. The van der Waals surface area contributed by atoms with Crippen molar-refractivity contribution in [2.45, 2.75) is 44.4 Å². The highest BCUT2D eigenvalue weighted by atomic mass is 32.2. The lowest BCUT2D eigenvalue weighted by Gasteiger charge is -2.38. The van der Waals surface area contributed by atoms with E-state index in [1.807, 2.05) is 43.3 Å². The fraction of sp³-hybridized carbons (Fsp3) is 0.417.